The van der Waals surface area contributed by atoms with Crippen LogP contribution in [-0.2, 0) is 19.9 Å². The van der Waals surface area contributed by atoms with Gasteiger partial charge in [-0.1, -0.05) is 40.2 Å². The molecule has 0 saturated heterocycles. The monoisotopic (exact) mass is 311 g/mol. The molecule has 0 atom stereocenters. The zero-order chi connectivity index (χ0) is 13.0. The zero-order valence-electron chi connectivity index (χ0n) is 10.8. The summed E-state index contributed by atoms with van der Waals surface area (Å²) in [4.78, 5) is 0. The van der Waals surface area contributed by atoms with E-state index >= 15 is 0 Å². The van der Waals surface area contributed by atoms with E-state index in [1.165, 1.54) is 33.3 Å². The smallest absolute Gasteiger partial charge is 0.0487 e. The number of halogens is 1. The van der Waals surface area contributed by atoms with Gasteiger partial charge in [-0.15, -0.1) is 0 Å². The summed E-state index contributed by atoms with van der Waals surface area (Å²) in [5.41, 5.74) is 7.10. The van der Waals surface area contributed by atoms with E-state index < -0.39 is 0 Å². The van der Waals surface area contributed by atoms with Crippen LogP contribution >= 0.6 is 15.9 Å². The SMILES string of the molecule is Cn1c2c(c3cc(Br)ccc31)-c1ccccc1CC2. The summed E-state index contributed by atoms with van der Waals surface area (Å²) in [6.45, 7) is 0. The van der Waals surface area contributed by atoms with Gasteiger partial charge in [0.05, 0.1) is 0 Å². The van der Waals surface area contributed by atoms with Crippen molar-refractivity contribution in [2.45, 2.75) is 12.8 Å². The number of benzene rings is 2. The van der Waals surface area contributed by atoms with Crippen molar-refractivity contribution in [2.75, 3.05) is 0 Å². The van der Waals surface area contributed by atoms with Crippen molar-refractivity contribution >= 4 is 26.8 Å². The molecule has 1 nitrogen and oxygen atoms in total. The quantitative estimate of drug-likeness (QED) is 0.567. The Morgan fingerprint density at radius 3 is 2.79 bits per heavy atom. The highest BCUT2D eigenvalue weighted by molar-refractivity contribution is 9.10. The minimum Gasteiger partial charge on any atom is -0.347 e. The van der Waals surface area contributed by atoms with E-state index in [-0.39, 0.29) is 0 Å². The highest BCUT2D eigenvalue weighted by Crippen LogP contribution is 2.41. The number of hydrogen-bond acceptors (Lipinski definition) is 0. The second kappa shape index (κ2) is 3.97. The lowest BCUT2D eigenvalue weighted by Gasteiger charge is -2.17. The molecule has 2 aromatic carbocycles. The van der Waals surface area contributed by atoms with E-state index in [4.69, 9.17) is 0 Å². The molecule has 0 aliphatic heterocycles. The molecule has 0 fully saturated rings. The first-order valence-electron chi connectivity index (χ1n) is 6.61. The molecule has 0 spiro atoms. The second-order valence-corrected chi connectivity index (χ2v) is 6.12. The third-order valence-electron chi connectivity index (χ3n) is 4.20. The summed E-state index contributed by atoms with van der Waals surface area (Å²) in [5.74, 6) is 0. The van der Waals surface area contributed by atoms with Crippen LogP contribution in [0.4, 0.5) is 0 Å². The van der Waals surface area contributed by atoms with Gasteiger partial charge in [0, 0.05) is 33.7 Å². The van der Waals surface area contributed by atoms with Gasteiger partial charge in [-0.3, -0.25) is 0 Å². The largest absolute Gasteiger partial charge is 0.347 e. The van der Waals surface area contributed by atoms with Crippen LogP contribution < -0.4 is 0 Å². The maximum atomic E-state index is 3.60. The van der Waals surface area contributed by atoms with Gasteiger partial charge < -0.3 is 4.57 Å². The number of hydrogen-bond donors (Lipinski definition) is 0. The van der Waals surface area contributed by atoms with E-state index in [1.54, 1.807) is 0 Å². The summed E-state index contributed by atoms with van der Waals surface area (Å²) in [5, 5.41) is 1.36. The lowest BCUT2D eigenvalue weighted by Crippen LogP contribution is -2.06. The van der Waals surface area contributed by atoms with Gasteiger partial charge in [0.1, 0.15) is 0 Å². The number of rotatable bonds is 0. The van der Waals surface area contributed by atoms with Gasteiger partial charge in [0.15, 0.2) is 0 Å². The van der Waals surface area contributed by atoms with Crippen LogP contribution in [0.1, 0.15) is 11.3 Å². The highest BCUT2D eigenvalue weighted by Gasteiger charge is 2.22. The number of aromatic nitrogens is 1. The molecular formula is C17H14BrN. The topological polar surface area (TPSA) is 4.93 Å². The van der Waals surface area contributed by atoms with Crippen LogP contribution in [0.5, 0.6) is 0 Å². The summed E-state index contributed by atoms with van der Waals surface area (Å²) in [6, 6.07) is 15.4. The molecule has 1 aliphatic rings. The summed E-state index contributed by atoms with van der Waals surface area (Å²) < 4.78 is 3.50. The fraction of sp³-hybridized carbons (Fsp3) is 0.176. The van der Waals surface area contributed by atoms with Gasteiger partial charge in [-0.25, -0.2) is 0 Å². The molecule has 0 unspecified atom stereocenters. The van der Waals surface area contributed by atoms with Gasteiger partial charge in [-0.2, -0.15) is 0 Å². The first-order chi connectivity index (χ1) is 9.25. The molecule has 2 heteroatoms. The maximum absolute atomic E-state index is 3.60. The molecule has 0 bridgehead atoms. The highest BCUT2D eigenvalue weighted by atomic mass is 79.9. The zero-order valence-corrected chi connectivity index (χ0v) is 12.4. The Kier molecular flexibility index (Phi) is 2.36. The molecule has 1 aliphatic carbocycles. The molecule has 0 N–H and O–H groups in total. The second-order valence-electron chi connectivity index (χ2n) is 5.20. The Morgan fingerprint density at radius 1 is 1.05 bits per heavy atom. The molecular weight excluding hydrogens is 298 g/mol. The fourth-order valence-electron chi connectivity index (χ4n) is 3.30. The van der Waals surface area contributed by atoms with Crippen molar-refractivity contribution < 1.29 is 0 Å². The average molecular weight is 312 g/mol. The standard InChI is InChI=1S/C17H14BrN/c1-19-15-9-7-12(18)10-14(15)17-13-5-3-2-4-11(13)6-8-16(17)19/h2-5,7,9-10H,6,8H2,1H3. The summed E-state index contributed by atoms with van der Waals surface area (Å²) in [7, 11) is 2.18. The lowest BCUT2D eigenvalue weighted by molar-refractivity contribution is 0.812. The first-order valence-corrected chi connectivity index (χ1v) is 7.40. The molecule has 0 radical (unpaired) electrons. The van der Waals surface area contributed by atoms with Crippen LogP contribution in [0, 0.1) is 0 Å². The molecule has 19 heavy (non-hydrogen) atoms. The number of nitrogens with zero attached hydrogens (tertiary/aromatic N) is 1. The number of fused-ring (bicyclic) bond motifs is 5. The Balaban J connectivity index is 2.17. The van der Waals surface area contributed by atoms with Gasteiger partial charge in [0.25, 0.3) is 0 Å². The van der Waals surface area contributed by atoms with Gasteiger partial charge in [-0.05, 0) is 42.2 Å². The summed E-state index contributed by atoms with van der Waals surface area (Å²) in [6.07, 6.45) is 2.28. The van der Waals surface area contributed by atoms with Crippen molar-refractivity contribution in [1.82, 2.24) is 4.57 Å². The van der Waals surface area contributed by atoms with E-state index in [9.17, 15) is 0 Å². The van der Waals surface area contributed by atoms with Crippen LogP contribution in [0.25, 0.3) is 22.0 Å². The van der Waals surface area contributed by atoms with Crippen molar-refractivity contribution in [1.29, 1.82) is 0 Å². The van der Waals surface area contributed by atoms with E-state index in [2.05, 4.69) is 70.0 Å². The van der Waals surface area contributed by atoms with Crippen molar-refractivity contribution in [2.24, 2.45) is 7.05 Å². The molecule has 1 heterocycles. The van der Waals surface area contributed by atoms with Gasteiger partial charge >= 0.3 is 0 Å². The van der Waals surface area contributed by atoms with Crippen LogP contribution in [0.2, 0.25) is 0 Å². The third kappa shape index (κ3) is 1.53. The fourth-order valence-corrected chi connectivity index (χ4v) is 3.66. The predicted molar refractivity (Wildman–Crippen MR) is 83.5 cm³/mol. The minimum absolute atomic E-state index is 1.13. The first kappa shape index (κ1) is 11.3. The van der Waals surface area contributed by atoms with Crippen LogP contribution in [0.3, 0.4) is 0 Å². The molecule has 0 amide bonds. The average Bonchev–Trinajstić information content (AvgIpc) is 2.72. The Labute approximate surface area is 121 Å². The van der Waals surface area contributed by atoms with Gasteiger partial charge in [0.2, 0.25) is 0 Å². The van der Waals surface area contributed by atoms with Crippen molar-refractivity contribution in [3.8, 4) is 11.1 Å². The normalized spacial score (nSPS) is 13.4. The van der Waals surface area contributed by atoms with Crippen molar-refractivity contribution in [3.63, 3.8) is 0 Å². The Bertz CT molecular complexity index is 798. The molecule has 94 valence electrons. The minimum atomic E-state index is 1.13. The molecule has 0 saturated carbocycles. The maximum Gasteiger partial charge on any atom is 0.0487 e. The number of aryl methyl sites for hydroxylation is 2. The Morgan fingerprint density at radius 2 is 1.89 bits per heavy atom. The third-order valence-corrected chi connectivity index (χ3v) is 4.69. The molecule has 4 rings (SSSR count). The van der Waals surface area contributed by atoms with E-state index in [0.717, 1.165) is 17.3 Å². The Hall–Kier alpha value is -1.54. The lowest BCUT2D eigenvalue weighted by atomic mass is 9.88. The summed E-state index contributed by atoms with van der Waals surface area (Å²) >= 11 is 3.60. The van der Waals surface area contributed by atoms with Crippen molar-refractivity contribution in [3.05, 3.63) is 58.2 Å². The van der Waals surface area contributed by atoms with Crippen LogP contribution in [0.15, 0.2) is 46.9 Å². The molecule has 3 aromatic rings. The predicted octanol–water partition coefficient (Wildman–Crippen LogP) is 4.71. The van der Waals surface area contributed by atoms with E-state index in [1.807, 2.05) is 0 Å². The van der Waals surface area contributed by atoms with E-state index in [0.29, 0.717) is 0 Å². The molecule has 1 aromatic heterocycles. The van der Waals surface area contributed by atoms with Crippen LogP contribution in [-0.4, -0.2) is 4.57 Å².